The number of rotatable bonds is 4. The molecule has 2 heterocycles. The van der Waals surface area contributed by atoms with E-state index >= 15 is 0 Å². The average Bonchev–Trinajstić information content (AvgIpc) is 2.76. The van der Waals surface area contributed by atoms with Crippen LogP contribution in [0.3, 0.4) is 0 Å². The third-order valence-corrected chi connectivity index (χ3v) is 5.80. The molecule has 0 bridgehead atoms. The lowest BCUT2D eigenvalue weighted by Gasteiger charge is -2.39. The maximum atomic E-state index is 6.39. The van der Waals surface area contributed by atoms with Crippen molar-refractivity contribution in [3.05, 3.63) is 21.9 Å². The molecule has 18 heavy (non-hydrogen) atoms. The van der Waals surface area contributed by atoms with Crippen LogP contribution < -0.4 is 5.73 Å². The normalized spacial score (nSPS) is 25.0. The number of thiophene rings is 1. The smallest absolute Gasteiger partial charge is 0.0594 e. The van der Waals surface area contributed by atoms with Gasteiger partial charge in [-0.2, -0.15) is 11.8 Å². The van der Waals surface area contributed by atoms with Gasteiger partial charge in [0.2, 0.25) is 0 Å². The summed E-state index contributed by atoms with van der Waals surface area (Å²) in [6.45, 7) is 9.03. The van der Waals surface area contributed by atoms with Crippen LogP contribution >= 0.6 is 23.1 Å². The number of nitrogens with zero attached hydrogens (tertiary/aromatic N) is 1. The van der Waals surface area contributed by atoms with Gasteiger partial charge in [-0.15, -0.1) is 11.3 Å². The molecule has 2 N–H and O–H groups in total. The van der Waals surface area contributed by atoms with Crippen LogP contribution in [0.2, 0.25) is 0 Å². The highest BCUT2D eigenvalue weighted by Gasteiger charge is 2.29. The zero-order valence-electron chi connectivity index (χ0n) is 11.6. The van der Waals surface area contributed by atoms with Crippen LogP contribution in [0.25, 0.3) is 0 Å². The molecule has 4 heteroatoms. The van der Waals surface area contributed by atoms with E-state index in [4.69, 9.17) is 5.73 Å². The molecule has 0 aliphatic carbocycles. The highest BCUT2D eigenvalue weighted by atomic mass is 32.2. The summed E-state index contributed by atoms with van der Waals surface area (Å²) in [5.74, 6) is 1.23. The number of hydrogen-bond acceptors (Lipinski definition) is 4. The largest absolute Gasteiger partial charge is 0.326 e. The van der Waals surface area contributed by atoms with Crippen molar-refractivity contribution in [3.63, 3.8) is 0 Å². The molecule has 1 aromatic rings. The summed E-state index contributed by atoms with van der Waals surface area (Å²) in [6.07, 6.45) is 1.04. The maximum absolute atomic E-state index is 6.39. The van der Waals surface area contributed by atoms with Gasteiger partial charge >= 0.3 is 0 Å². The molecule has 0 amide bonds. The van der Waals surface area contributed by atoms with Crippen molar-refractivity contribution in [2.75, 3.05) is 18.8 Å². The standard InChI is InChI=1S/C14H24N2S2/c1-4-12(15)14(13-6-5-10(2)18-13)16-7-8-17-11(3)9-16/h5-6,11-12,14H,4,7-9,15H2,1-3H3. The van der Waals surface area contributed by atoms with E-state index in [2.05, 4.69) is 49.6 Å². The van der Waals surface area contributed by atoms with Gasteiger partial charge in [0.15, 0.2) is 0 Å². The van der Waals surface area contributed by atoms with Crippen LogP contribution in [-0.2, 0) is 0 Å². The van der Waals surface area contributed by atoms with Gasteiger partial charge in [-0.05, 0) is 25.5 Å². The zero-order chi connectivity index (χ0) is 13.1. The topological polar surface area (TPSA) is 29.3 Å². The third kappa shape index (κ3) is 3.29. The van der Waals surface area contributed by atoms with Crippen molar-refractivity contribution < 1.29 is 0 Å². The Morgan fingerprint density at radius 1 is 1.50 bits per heavy atom. The monoisotopic (exact) mass is 284 g/mol. The Morgan fingerprint density at radius 3 is 2.83 bits per heavy atom. The molecule has 3 atom stereocenters. The molecular weight excluding hydrogens is 260 g/mol. The van der Waals surface area contributed by atoms with Gasteiger partial charge < -0.3 is 5.73 Å². The molecule has 1 aliphatic rings. The minimum atomic E-state index is 0.248. The summed E-state index contributed by atoms with van der Waals surface area (Å²) in [4.78, 5) is 5.43. The van der Waals surface area contributed by atoms with E-state index in [0.717, 1.165) is 11.7 Å². The molecule has 0 saturated carbocycles. The van der Waals surface area contributed by atoms with Gasteiger partial charge in [-0.1, -0.05) is 13.8 Å². The lowest BCUT2D eigenvalue weighted by Crippen LogP contribution is -2.46. The first-order chi connectivity index (χ1) is 8.61. The molecule has 2 rings (SSSR count). The van der Waals surface area contributed by atoms with Crippen LogP contribution in [0, 0.1) is 6.92 Å². The van der Waals surface area contributed by atoms with Crippen LogP contribution in [0.15, 0.2) is 12.1 Å². The fourth-order valence-corrected chi connectivity index (χ4v) is 4.72. The van der Waals surface area contributed by atoms with Crippen molar-refractivity contribution in [3.8, 4) is 0 Å². The second kappa shape index (κ2) is 6.42. The fraction of sp³-hybridized carbons (Fsp3) is 0.714. The molecule has 1 saturated heterocycles. The van der Waals surface area contributed by atoms with E-state index in [1.165, 1.54) is 28.6 Å². The number of aryl methyl sites for hydroxylation is 1. The van der Waals surface area contributed by atoms with E-state index in [-0.39, 0.29) is 6.04 Å². The molecule has 1 aliphatic heterocycles. The second-order valence-electron chi connectivity index (χ2n) is 5.14. The molecule has 3 unspecified atom stereocenters. The number of hydrogen-bond donors (Lipinski definition) is 1. The first kappa shape index (κ1) is 14.4. The zero-order valence-corrected chi connectivity index (χ0v) is 13.2. The summed E-state index contributed by atoms with van der Waals surface area (Å²) in [7, 11) is 0. The van der Waals surface area contributed by atoms with Gasteiger partial charge in [0.25, 0.3) is 0 Å². The van der Waals surface area contributed by atoms with Crippen molar-refractivity contribution in [1.29, 1.82) is 0 Å². The minimum absolute atomic E-state index is 0.248. The Labute approximate surface area is 119 Å². The van der Waals surface area contributed by atoms with E-state index in [1.54, 1.807) is 0 Å². The minimum Gasteiger partial charge on any atom is -0.326 e. The van der Waals surface area contributed by atoms with Crippen molar-refractivity contribution >= 4 is 23.1 Å². The SMILES string of the molecule is CCC(N)C(c1ccc(C)s1)N1CCSC(C)C1. The highest BCUT2D eigenvalue weighted by Crippen LogP contribution is 2.33. The lowest BCUT2D eigenvalue weighted by atomic mass is 10.0. The first-order valence-corrected chi connectivity index (χ1v) is 8.66. The van der Waals surface area contributed by atoms with E-state index in [1.807, 2.05) is 11.3 Å². The average molecular weight is 284 g/mol. The van der Waals surface area contributed by atoms with Gasteiger partial charge in [0.05, 0.1) is 6.04 Å². The molecule has 0 aromatic carbocycles. The van der Waals surface area contributed by atoms with Gasteiger partial charge in [-0.25, -0.2) is 0 Å². The molecule has 1 fully saturated rings. The van der Waals surface area contributed by atoms with E-state index in [0.29, 0.717) is 6.04 Å². The molecular formula is C14H24N2S2. The van der Waals surface area contributed by atoms with Crippen LogP contribution in [0.5, 0.6) is 0 Å². The summed E-state index contributed by atoms with van der Waals surface area (Å²) in [5.41, 5.74) is 6.39. The predicted octanol–water partition coefficient (Wildman–Crippen LogP) is 3.27. The molecule has 1 aromatic heterocycles. The van der Waals surface area contributed by atoms with E-state index < -0.39 is 0 Å². The van der Waals surface area contributed by atoms with Crippen LogP contribution in [0.4, 0.5) is 0 Å². The lowest BCUT2D eigenvalue weighted by molar-refractivity contribution is 0.180. The summed E-state index contributed by atoms with van der Waals surface area (Å²) in [5, 5.41) is 0.728. The Kier molecular flexibility index (Phi) is 5.13. The summed E-state index contributed by atoms with van der Waals surface area (Å²) >= 11 is 3.99. The maximum Gasteiger partial charge on any atom is 0.0594 e. The number of nitrogens with two attached hydrogens (primary N) is 1. The van der Waals surface area contributed by atoms with E-state index in [9.17, 15) is 0 Å². The van der Waals surface area contributed by atoms with Gasteiger partial charge in [-0.3, -0.25) is 4.90 Å². The highest BCUT2D eigenvalue weighted by molar-refractivity contribution is 7.99. The molecule has 2 nitrogen and oxygen atoms in total. The third-order valence-electron chi connectivity index (χ3n) is 3.60. The Hall–Kier alpha value is -0.0300. The quantitative estimate of drug-likeness (QED) is 0.920. The van der Waals surface area contributed by atoms with Crippen molar-refractivity contribution in [2.45, 2.75) is 44.5 Å². The predicted molar refractivity (Wildman–Crippen MR) is 83.6 cm³/mol. The number of thioether (sulfide) groups is 1. The Bertz CT molecular complexity index is 378. The fourth-order valence-electron chi connectivity index (χ4n) is 2.60. The van der Waals surface area contributed by atoms with Crippen LogP contribution in [0.1, 0.15) is 36.1 Å². The van der Waals surface area contributed by atoms with Crippen molar-refractivity contribution in [2.24, 2.45) is 5.73 Å². The molecule has 102 valence electrons. The summed E-state index contributed by atoms with van der Waals surface area (Å²) < 4.78 is 0. The summed E-state index contributed by atoms with van der Waals surface area (Å²) in [6, 6.07) is 5.15. The van der Waals surface area contributed by atoms with Gasteiger partial charge in [0, 0.05) is 39.9 Å². The van der Waals surface area contributed by atoms with Crippen molar-refractivity contribution in [1.82, 2.24) is 4.90 Å². The Morgan fingerprint density at radius 2 is 2.28 bits per heavy atom. The van der Waals surface area contributed by atoms with Crippen LogP contribution in [-0.4, -0.2) is 35.0 Å². The first-order valence-electron chi connectivity index (χ1n) is 6.79. The second-order valence-corrected chi connectivity index (χ2v) is 8.01. The Balaban J connectivity index is 2.19. The molecule has 0 spiro atoms. The van der Waals surface area contributed by atoms with Gasteiger partial charge in [0.1, 0.15) is 0 Å². The molecule has 0 radical (unpaired) electrons.